The van der Waals surface area contributed by atoms with E-state index in [9.17, 15) is 4.39 Å². The zero-order valence-electron chi connectivity index (χ0n) is 10.6. The summed E-state index contributed by atoms with van der Waals surface area (Å²) in [5.41, 5.74) is 0.877. The third-order valence-electron chi connectivity index (χ3n) is 2.56. The number of para-hydroxylation sites is 1. The molecule has 1 unspecified atom stereocenters. The molecule has 0 aromatic heterocycles. The number of ether oxygens (including phenoxy) is 2. The highest BCUT2D eigenvalue weighted by molar-refractivity contribution is 5.32. The van der Waals surface area contributed by atoms with Crippen LogP contribution in [0.2, 0.25) is 0 Å². The SMILES string of the molecule is CCC(CC#N)OCc1ccccc1OCCF. The number of hydrogen-bond acceptors (Lipinski definition) is 3. The maximum Gasteiger partial charge on any atom is 0.124 e. The largest absolute Gasteiger partial charge is 0.490 e. The van der Waals surface area contributed by atoms with Gasteiger partial charge in [0.15, 0.2) is 0 Å². The topological polar surface area (TPSA) is 42.2 Å². The first-order chi connectivity index (χ1) is 8.81. The van der Waals surface area contributed by atoms with Crippen LogP contribution in [0.15, 0.2) is 24.3 Å². The van der Waals surface area contributed by atoms with Crippen molar-refractivity contribution in [3.05, 3.63) is 29.8 Å². The molecule has 1 aromatic rings. The summed E-state index contributed by atoms with van der Waals surface area (Å²) >= 11 is 0. The molecule has 0 amide bonds. The molecule has 18 heavy (non-hydrogen) atoms. The van der Waals surface area contributed by atoms with Gasteiger partial charge in [-0.2, -0.15) is 5.26 Å². The molecule has 0 aliphatic carbocycles. The van der Waals surface area contributed by atoms with Gasteiger partial charge in [-0.1, -0.05) is 25.1 Å². The second-order valence-electron chi connectivity index (χ2n) is 3.85. The van der Waals surface area contributed by atoms with Gasteiger partial charge in [-0.25, -0.2) is 4.39 Å². The summed E-state index contributed by atoms with van der Waals surface area (Å²) in [7, 11) is 0. The summed E-state index contributed by atoms with van der Waals surface area (Å²) in [6.07, 6.45) is 1.11. The Hall–Kier alpha value is -1.60. The van der Waals surface area contributed by atoms with Gasteiger partial charge in [0.2, 0.25) is 0 Å². The Kier molecular flexibility index (Phi) is 6.82. The Morgan fingerprint density at radius 3 is 2.83 bits per heavy atom. The standard InChI is InChI=1S/C14H18FNO2/c1-2-13(7-9-16)18-11-12-5-3-4-6-14(12)17-10-8-15/h3-6,13H,2,7-8,10-11H2,1H3. The molecule has 98 valence electrons. The van der Waals surface area contributed by atoms with Crippen LogP contribution >= 0.6 is 0 Å². The molecule has 0 fully saturated rings. The fourth-order valence-corrected chi connectivity index (χ4v) is 1.54. The number of alkyl halides is 1. The quantitative estimate of drug-likeness (QED) is 0.712. The van der Waals surface area contributed by atoms with Gasteiger partial charge in [0.05, 0.1) is 25.2 Å². The Balaban J connectivity index is 2.57. The van der Waals surface area contributed by atoms with Crippen molar-refractivity contribution in [2.75, 3.05) is 13.3 Å². The lowest BCUT2D eigenvalue weighted by Gasteiger charge is -2.15. The van der Waals surface area contributed by atoms with Crippen LogP contribution in [0.4, 0.5) is 4.39 Å². The Morgan fingerprint density at radius 2 is 2.17 bits per heavy atom. The minimum Gasteiger partial charge on any atom is -0.490 e. The number of nitrogens with zero attached hydrogens (tertiary/aromatic N) is 1. The average Bonchev–Trinajstić information content (AvgIpc) is 2.42. The second-order valence-corrected chi connectivity index (χ2v) is 3.85. The molecule has 0 N–H and O–H groups in total. The van der Waals surface area contributed by atoms with Gasteiger partial charge in [-0.05, 0) is 12.5 Å². The summed E-state index contributed by atoms with van der Waals surface area (Å²) in [5, 5.41) is 8.64. The molecule has 1 atom stereocenters. The third kappa shape index (κ3) is 4.72. The smallest absolute Gasteiger partial charge is 0.124 e. The van der Waals surface area contributed by atoms with Crippen LogP contribution in [-0.4, -0.2) is 19.4 Å². The molecule has 1 rings (SSSR count). The molecule has 0 aliphatic heterocycles. The van der Waals surface area contributed by atoms with Crippen LogP contribution in [-0.2, 0) is 11.3 Å². The Bertz CT molecular complexity index is 390. The highest BCUT2D eigenvalue weighted by Crippen LogP contribution is 2.20. The van der Waals surface area contributed by atoms with E-state index in [0.717, 1.165) is 12.0 Å². The molecule has 0 spiro atoms. The minimum atomic E-state index is -0.513. The normalized spacial score (nSPS) is 11.8. The molecule has 4 heteroatoms. The van der Waals surface area contributed by atoms with Gasteiger partial charge < -0.3 is 9.47 Å². The first-order valence-electron chi connectivity index (χ1n) is 6.07. The van der Waals surface area contributed by atoms with E-state index in [-0.39, 0.29) is 12.7 Å². The number of hydrogen-bond donors (Lipinski definition) is 0. The second kappa shape index (κ2) is 8.48. The van der Waals surface area contributed by atoms with Crippen molar-refractivity contribution in [3.63, 3.8) is 0 Å². The third-order valence-corrected chi connectivity index (χ3v) is 2.56. The molecular weight excluding hydrogens is 233 g/mol. The predicted molar refractivity (Wildman–Crippen MR) is 67.0 cm³/mol. The highest BCUT2D eigenvalue weighted by Gasteiger charge is 2.08. The van der Waals surface area contributed by atoms with Crippen LogP contribution in [0, 0.1) is 11.3 Å². The van der Waals surface area contributed by atoms with Crippen LogP contribution in [0.1, 0.15) is 25.3 Å². The highest BCUT2D eigenvalue weighted by atomic mass is 19.1. The number of rotatable bonds is 8. The summed E-state index contributed by atoms with van der Waals surface area (Å²) in [4.78, 5) is 0. The molecule has 0 aliphatic rings. The van der Waals surface area contributed by atoms with Crippen LogP contribution in [0.25, 0.3) is 0 Å². The van der Waals surface area contributed by atoms with Gasteiger partial charge >= 0.3 is 0 Å². The van der Waals surface area contributed by atoms with E-state index in [2.05, 4.69) is 6.07 Å². The fourth-order valence-electron chi connectivity index (χ4n) is 1.54. The predicted octanol–water partition coefficient (Wildman–Crippen LogP) is 3.24. The summed E-state index contributed by atoms with van der Waals surface area (Å²) < 4.78 is 23.0. The molecule has 1 aromatic carbocycles. The monoisotopic (exact) mass is 251 g/mol. The van der Waals surface area contributed by atoms with Crippen LogP contribution in [0.5, 0.6) is 5.75 Å². The molecule has 0 heterocycles. The molecule has 0 saturated heterocycles. The van der Waals surface area contributed by atoms with Crippen LogP contribution < -0.4 is 4.74 Å². The van der Waals surface area contributed by atoms with E-state index >= 15 is 0 Å². The fraction of sp³-hybridized carbons (Fsp3) is 0.500. The van der Waals surface area contributed by atoms with Gasteiger partial charge in [0.25, 0.3) is 0 Å². The van der Waals surface area contributed by atoms with E-state index in [1.807, 2.05) is 25.1 Å². The van der Waals surface area contributed by atoms with Crippen molar-refractivity contribution < 1.29 is 13.9 Å². The molecule has 0 radical (unpaired) electrons. The lowest BCUT2D eigenvalue weighted by atomic mass is 10.2. The zero-order valence-corrected chi connectivity index (χ0v) is 10.6. The van der Waals surface area contributed by atoms with E-state index in [4.69, 9.17) is 14.7 Å². The molecule has 3 nitrogen and oxygen atoms in total. The Morgan fingerprint density at radius 1 is 1.39 bits per heavy atom. The van der Waals surface area contributed by atoms with Gasteiger partial charge in [-0.15, -0.1) is 0 Å². The van der Waals surface area contributed by atoms with Gasteiger partial charge in [-0.3, -0.25) is 0 Å². The molecule has 0 bridgehead atoms. The van der Waals surface area contributed by atoms with Crippen molar-refractivity contribution in [2.45, 2.75) is 32.5 Å². The van der Waals surface area contributed by atoms with Crippen molar-refractivity contribution in [3.8, 4) is 11.8 Å². The maximum absolute atomic E-state index is 12.1. The average molecular weight is 251 g/mol. The molecule has 0 saturated carbocycles. The first-order valence-corrected chi connectivity index (χ1v) is 6.07. The van der Waals surface area contributed by atoms with Crippen molar-refractivity contribution in [2.24, 2.45) is 0 Å². The number of nitriles is 1. The van der Waals surface area contributed by atoms with E-state index in [0.29, 0.717) is 18.8 Å². The lowest BCUT2D eigenvalue weighted by molar-refractivity contribution is 0.0399. The first kappa shape index (κ1) is 14.5. The van der Waals surface area contributed by atoms with Crippen molar-refractivity contribution in [1.82, 2.24) is 0 Å². The zero-order chi connectivity index (χ0) is 13.2. The lowest BCUT2D eigenvalue weighted by Crippen LogP contribution is -2.11. The van der Waals surface area contributed by atoms with E-state index < -0.39 is 6.67 Å². The minimum absolute atomic E-state index is 0.0480. The summed E-state index contributed by atoms with van der Waals surface area (Å²) in [5.74, 6) is 0.641. The number of benzene rings is 1. The summed E-state index contributed by atoms with van der Waals surface area (Å²) in [6, 6.07) is 9.49. The van der Waals surface area contributed by atoms with E-state index in [1.54, 1.807) is 6.07 Å². The van der Waals surface area contributed by atoms with Crippen LogP contribution in [0.3, 0.4) is 0 Å². The Labute approximate surface area is 107 Å². The van der Waals surface area contributed by atoms with Gasteiger partial charge in [0.1, 0.15) is 19.0 Å². The number of halogens is 1. The van der Waals surface area contributed by atoms with Crippen molar-refractivity contribution >= 4 is 0 Å². The molecular formula is C14H18FNO2. The van der Waals surface area contributed by atoms with Gasteiger partial charge in [0, 0.05) is 5.56 Å². The van der Waals surface area contributed by atoms with E-state index in [1.165, 1.54) is 0 Å². The summed E-state index contributed by atoms with van der Waals surface area (Å²) in [6.45, 7) is 1.89. The maximum atomic E-state index is 12.1. The van der Waals surface area contributed by atoms with Crippen molar-refractivity contribution in [1.29, 1.82) is 5.26 Å².